The number of benzene rings is 1. The van der Waals surface area contributed by atoms with E-state index in [1.54, 1.807) is 0 Å². The Kier molecular flexibility index (Phi) is 1.92. The molecule has 1 aromatic carbocycles. The summed E-state index contributed by atoms with van der Waals surface area (Å²) in [5.41, 5.74) is -0.730. The van der Waals surface area contributed by atoms with Crippen molar-refractivity contribution in [1.82, 2.24) is 0 Å². The van der Waals surface area contributed by atoms with Gasteiger partial charge in [-0.25, -0.2) is 8.78 Å². The molecule has 0 saturated heterocycles. The molecule has 0 saturated carbocycles. The molecule has 0 fully saturated rings. The summed E-state index contributed by atoms with van der Waals surface area (Å²) in [6.07, 6.45) is 0. The van der Waals surface area contributed by atoms with E-state index >= 15 is 0 Å². The van der Waals surface area contributed by atoms with E-state index in [0.717, 1.165) is 0 Å². The third-order valence-corrected chi connectivity index (χ3v) is 1.25. The molecule has 62 valence electrons. The van der Waals surface area contributed by atoms with Crippen molar-refractivity contribution >= 4 is 0 Å². The zero-order chi connectivity index (χ0) is 9.30. The molecule has 0 aliphatic carbocycles. The molecule has 0 aromatic heterocycles. The number of nitrogens with zero attached hydrogens (tertiary/aromatic N) is 1. The van der Waals surface area contributed by atoms with Gasteiger partial charge in [0.2, 0.25) is 5.82 Å². The maximum atomic E-state index is 12.6. The van der Waals surface area contributed by atoms with Crippen molar-refractivity contribution in [2.75, 3.05) is 0 Å². The Morgan fingerprint density at radius 3 is 2.33 bits per heavy atom. The van der Waals surface area contributed by atoms with Crippen LogP contribution in [0.15, 0.2) is 6.07 Å². The fourth-order valence-electron chi connectivity index (χ4n) is 0.672. The summed E-state index contributed by atoms with van der Waals surface area (Å²) in [4.78, 5) is 0. The van der Waals surface area contributed by atoms with Gasteiger partial charge >= 0.3 is 0 Å². The van der Waals surface area contributed by atoms with Gasteiger partial charge in [0.15, 0.2) is 17.4 Å². The van der Waals surface area contributed by atoms with Crippen molar-refractivity contribution in [1.29, 1.82) is 5.26 Å². The molecule has 0 heterocycles. The molecule has 1 rings (SSSR count). The van der Waals surface area contributed by atoms with Gasteiger partial charge in [-0.3, -0.25) is 0 Å². The number of hydrogen-bond acceptors (Lipinski definition) is 2. The molecule has 0 radical (unpaired) electrons. The fourth-order valence-corrected chi connectivity index (χ4v) is 0.672. The highest BCUT2D eigenvalue weighted by molar-refractivity contribution is 5.39. The summed E-state index contributed by atoms with van der Waals surface area (Å²) in [5.74, 6) is -6.06. The second kappa shape index (κ2) is 2.74. The Balaban J connectivity index is 3.52. The van der Waals surface area contributed by atoms with Gasteiger partial charge in [-0.05, 0) is 6.07 Å². The molecule has 0 atom stereocenters. The number of aromatic hydroxyl groups is 1. The largest absolute Gasteiger partial charge is 0.503 e. The summed E-state index contributed by atoms with van der Waals surface area (Å²) >= 11 is 0. The number of nitriles is 1. The Morgan fingerprint density at radius 1 is 1.25 bits per heavy atom. The predicted octanol–water partition coefficient (Wildman–Crippen LogP) is 1.68. The lowest BCUT2D eigenvalue weighted by Crippen LogP contribution is -1.92. The van der Waals surface area contributed by atoms with E-state index in [2.05, 4.69) is 0 Å². The first kappa shape index (κ1) is 8.40. The minimum atomic E-state index is -1.69. The van der Waals surface area contributed by atoms with E-state index in [1.165, 1.54) is 6.07 Å². The summed E-state index contributed by atoms with van der Waals surface area (Å²) in [5, 5.41) is 16.7. The fraction of sp³-hybridized carbons (Fsp3) is 0. The van der Waals surface area contributed by atoms with Crippen LogP contribution in [0.25, 0.3) is 0 Å². The lowest BCUT2D eigenvalue weighted by molar-refractivity contribution is 0.375. The van der Waals surface area contributed by atoms with Crippen molar-refractivity contribution in [2.24, 2.45) is 0 Å². The van der Waals surface area contributed by atoms with Gasteiger partial charge in [-0.1, -0.05) is 0 Å². The van der Waals surface area contributed by atoms with Crippen molar-refractivity contribution in [3.63, 3.8) is 0 Å². The third kappa shape index (κ3) is 1.07. The quantitative estimate of drug-likeness (QED) is 0.606. The van der Waals surface area contributed by atoms with Gasteiger partial charge in [-0.15, -0.1) is 0 Å². The maximum Gasteiger partial charge on any atom is 0.203 e. The molecule has 5 heteroatoms. The molecule has 1 aromatic rings. The second-order valence-corrected chi connectivity index (χ2v) is 1.99. The summed E-state index contributed by atoms with van der Waals surface area (Å²) < 4.78 is 37.3. The first-order valence-electron chi connectivity index (χ1n) is 2.84. The van der Waals surface area contributed by atoms with E-state index in [-0.39, 0.29) is 0 Å². The first-order valence-corrected chi connectivity index (χ1v) is 2.84. The Labute approximate surface area is 65.5 Å². The molecular formula is C7H2F3NO. The summed E-state index contributed by atoms with van der Waals surface area (Å²) in [6, 6.07) is 1.64. The van der Waals surface area contributed by atoms with Crippen LogP contribution >= 0.6 is 0 Å². The highest BCUT2D eigenvalue weighted by atomic mass is 19.2. The van der Waals surface area contributed by atoms with E-state index in [0.29, 0.717) is 6.07 Å². The van der Waals surface area contributed by atoms with Crippen LogP contribution in [0.1, 0.15) is 5.56 Å². The molecular weight excluding hydrogens is 171 g/mol. The van der Waals surface area contributed by atoms with Crippen LogP contribution in [0.4, 0.5) is 13.2 Å². The number of rotatable bonds is 0. The van der Waals surface area contributed by atoms with Crippen LogP contribution in [0, 0.1) is 28.8 Å². The average molecular weight is 173 g/mol. The Hall–Kier alpha value is -1.70. The smallest absolute Gasteiger partial charge is 0.203 e. The van der Waals surface area contributed by atoms with Gasteiger partial charge in [0, 0.05) is 0 Å². The Morgan fingerprint density at radius 2 is 1.83 bits per heavy atom. The van der Waals surface area contributed by atoms with E-state index in [4.69, 9.17) is 10.4 Å². The topological polar surface area (TPSA) is 44.0 Å². The zero-order valence-corrected chi connectivity index (χ0v) is 5.61. The number of hydrogen-bond donors (Lipinski definition) is 1. The van der Waals surface area contributed by atoms with Crippen molar-refractivity contribution in [3.05, 3.63) is 29.1 Å². The Bertz CT molecular complexity index is 370. The molecule has 0 aliphatic rings. The monoisotopic (exact) mass is 173 g/mol. The third-order valence-electron chi connectivity index (χ3n) is 1.25. The highest BCUT2D eigenvalue weighted by Crippen LogP contribution is 2.24. The molecule has 12 heavy (non-hydrogen) atoms. The van der Waals surface area contributed by atoms with E-state index in [1.807, 2.05) is 0 Å². The van der Waals surface area contributed by atoms with Gasteiger partial charge < -0.3 is 5.11 Å². The first-order chi connectivity index (χ1) is 5.57. The molecule has 1 N–H and O–H groups in total. The van der Waals surface area contributed by atoms with Gasteiger partial charge in [0.1, 0.15) is 6.07 Å². The standard InChI is InChI=1S/C7H2F3NO/c8-4-1-3(2-11)5(9)7(12)6(4)10/h1,12H. The molecule has 0 aliphatic heterocycles. The molecule has 0 bridgehead atoms. The average Bonchev–Trinajstić information content (AvgIpc) is 2.08. The maximum absolute atomic E-state index is 12.6. The summed E-state index contributed by atoms with van der Waals surface area (Å²) in [6.45, 7) is 0. The highest BCUT2D eigenvalue weighted by Gasteiger charge is 2.17. The van der Waals surface area contributed by atoms with E-state index < -0.39 is 28.8 Å². The van der Waals surface area contributed by atoms with Crippen LogP contribution in [-0.2, 0) is 0 Å². The molecule has 0 spiro atoms. The predicted molar refractivity (Wildman–Crippen MR) is 32.7 cm³/mol. The van der Waals surface area contributed by atoms with E-state index in [9.17, 15) is 13.2 Å². The van der Waals surface area contributed by atoms with Crippen LogP contribution in [-0.4, -0.2) is 5.11 Å². The van der Waals surface area contributed by atoms with Gasteiger partial charge in [-0.2, -0.15) is 9.65 Å². The van der Waals surface area contributed by atoms with Gasteiger partial charge in [0.25, 0.3) is 0 Å². The van der Waals surface area contributed by atoms with Crippen LogP contribution in [0.2, 0.25) is 0 Å². The minimum Gasteiger partial charge on any atom is -0.503 e. The van der Waals surface area contributed by atoms with Gasteiger partial charge in [0.05, 0.1) is 5.56 Å². The van der Waals surface area contributed by atoms with Crippen LogP contribution < -0.4 is 0 Å². The SMILES string of the molecule is N#Cc1cc(F)c(F)c(O)c1F. The van der Waals surface area contributed by atoms with Crippen molar-refractivity contribution < 1.29 is 18.3 Å². The van der Waals surface area contributed by atoms with Crippen LogP contribution in [0.5, 0.6) is 5.75 Å². The second-order valence-electron chi connectivity index (χ2n) is 1.99. The number of phenolic OH excluding ortho intramolecular Hbond substituents is 1. The lowest BCUT2D eigenvalue weighted by Gasteiger charge is -1.99. The van der Waals surface area contributed by atoms with Crippen LogP contribution in [0.3, 0.4) is 0 Å². The van der Waals surface area contributed by atoms with Crippen molar-refractivity contribution in [2.45, 2.75) is 0 Å². The molecule has 2 nitrogen and oxygen atoms in total. The number of phenols is 1. The molecule has 0 unspecified atom stereocenters. The molecule has 0 amide bonds. The normalized spacial score (nSPS) is 9.50. The summed E-state index contributed by atoms with van der Waals surface area (Å²) in [7, 11) is 0. The minimum absolute atomic E-state index is 0.379. The van der Waals surface area contributed by atoms with Crippen molar-refractivity contribution in [3.8, 4) is 11.8 Å². The number of halogens is 3. The lowest BCUT2D eigenvalue weighted by atomic mass is 10.2. The zero-order valence-electron chi connectivity index (χ0n) is 5.61.